The Hall–Kier alpha value is -6.39. The minimum Gasteiger partial charge on any atom is -0.508 e. The van der Waals surface area contributed by atoms with Gasteiger partial charge in [-0.1, -0.05) is 54.6 Å². The van der Waals surface area contributed by atoms with E-state index in [0.717, 1.165) is 16.3 Å². The number of guanidine groups is 2. The van der Waals surface area contributed by atoms with Crippen molar-refractivity contribution in [1.82, 2.24) is 26.6 Å². The van der Waals surface area contributed by atoms with E-state index in [1.807, 2.05) is 42.5 Å². The average molecular weight is 730 g/mol. The third-order valence-electron chi connectivity index (χ3n) is 8.49. The van der Waals surface area contributed by atoms with Crippen molar-refractivity contribution in [2.75, 3.05) is 19.6 Å². The highest BCUT2D eigenvalue weighted by Crippen LogP contribution is 2.18. The summed E-state index contributed by atoms with van der Waals surface area (Å²) in [6, 6.07) is 14.7. The van der Waals surface area contributed by atoms with Crippen molar-refractivity contribution in [2.45, 2.75) is 62.7 Å². The van der Waals surface area contributed by atoms with E-state index in [4.69, 9.17) is 22.9 Å². The Morgan fingerprint density at radius 2 is 1.09 bits per heavy atom. The maximum Gasteiger partial charge on any atom is 0.243 e. The van der Waals surface area contributed by atoms with E-state index in [1.54, 1.807) is 12.1 Å². The van der Waals surface area contributed by atoms with Crippen molar-refractivity contribution in [1.29, 1.82) is 0 Å². The summed E-state index contributed by atoms with van der Waals surface area (Å²) in [4.78, 5) is 76.4. The summed E-state index contributed by atoms with van der Waals surface area (Å²) in [5.41, 5.74) is 23.1. The number of aliphatic imine (C=N–C) groups is 2. The van der Waals surface area contributed by atoms with Crippen LogP contribution >= 0.6 is 0 Å². The fourth-order valence-corrected chi connectivity index (χ4v) is 5.79. The molecule has 53 heavy (non-hydrogen) atoms. The van der Waals surface area contributed by atoms with Gasteiger partial charge in [-0.25, -0.2) is 0 Å². The number of nitrogens with two attached hydrogens (primary N) is 4. The van der Waals surface area contributed by atoms with Gasteiger partial charge in [0, 0.05) is 25.9 Å². The van der Waals surface area contributed by atoms with Crippen molar-refractivity contribution < 1.29 is 29.1 Å². The first kappa shape index (κ1) is 39.4. The lowest BCUT2D eigenvalue weighted by atomic mass is 9.99. The lowest BCUT2D eigenvalue weighted by molar-refractivity contribution is -0.134. The molecule has 4 rings (SSSR count). The monoisotopic (exact) mass is 729 g/mol. The highest BCUT2D eigenvalue weighted by atomic mass is 16.3. The Labute approximate surface area is 306 Å². The first-order valence-corrected chi connectivity index (χ1v) is 17.2. The molecule has 5 amide bonds. The Morgan fingerprint density at radius 3 is 1.70 bits per heavy atom. The van der Waals surface area contributed by atoms with Crippen molar-refractivity contribution in [2.24, 2.45) is 32.9 Å². The Morgan fingerprint density at radius 1 is 0.604 bits per heavy atom. The highest BCUT2D eigenvalue weighted by Gasteiger charge is 2.32. The highest BCUT2D eigenvalue weighted by molar-refractivity contribution is 5.97. The van der Waals surface area contributed by atoms with Gasteiger partial charge >= 0.3 is 0 Å². The van der Waals surface area contributed by atoms with Crippen molar-refractivity contribution in [3.05, 3.63) is 77.9 Å². The molecule has 1 aliphatic heterocycles. The molecule has 3 aromatic carbocycles. The lowest BCUT2D eigenvalue weighted by Gasteiger charge is -2.26. The summed E-state index contributed by atoms with van der Waals surface area (Å²) in [6.07, 6.45) is 0.794. The fraction of sp³-hybridized carbons (Fsp3) is 0.361. The van der Waals surface area contributed by atoms with Crippen LogP contribution in [0.5, 0.6) is 5.75 Å². The smallest absolute Gasteiger partial charge is 0.243 e. The van der Waals surface area contributed by atoms with E-state index in [2.05, 4.69) is 36.6 Å². The number of phenolic OH excluding ortho intramolecular Hbond substituents is 1. The van der Waals surface area contributed by atoms with E-state index >= 15 is 0 Å². The summed E-state index contributed by atoms with van der Waals surface area (Å²) in [5.74, 6) is -3.65. The van der Waals surface area contributed by atoms with Gasteiger partial charge in [-0.05, 0) is 59.7 Å². The van der Waals surface area contributed by atoms with Gasteiger partial charge in [-0.15, -0.1) is 0 Å². The van der Waals surface area contributed by atoms with Crippen LogP contribution in [0.25, 0.3) is 10.8 Å². The van der Waals surface area contributed by atoms with Gasteiger partial charge in [-0.3, -0.25) is 34.0 Å². The van der Waals surface area contributed by atoms with Crippen LogP contribution in [0, 0.1) is 0 Å². The van der Waals surface area contributed by atoms with Gasteiger partial charge in [-0.2, -0.15) is 0 Å². The summed E-state index contributed by atoms with van der Waals surface area (Å²) in [7, 11) is 0. The van der Waals surface area contributed by atoms with Gasteiger partial charge in [0.15, 0.2) is 11.9 Å². The van der Waals surface area contributed by atoms with Gasteiger partial charge < -0.3 is 54.6 Å². The minimum atomic E-state index is -1.20. The number of hydrogen-bond acceptors (Lipinski definition) is 8. The second-order valence-electron chi connectivity index (χ2n) is 12.7. The van der Waals surface area contributed by atoms with E-state index in [1.165, 1.54) is 12.1 Å². The summed E-state index contributed by atoms with van der Waals surface area (Å²) >= 11 is 0. The maximum atomic E-state index is 14.1. The predicted octanol–water partition coefficient (Wildman–Crippen LogP) is -1.49. The van der Waals surface area contributed by atoms with Gasteiger partial charge in [0.2, 0.25) is 29.5 Å². The molecular weight excluding hydrogens is 682 g/mol. The molecule has 0 unspecified atom stereocenters. The number of nitrogens with zero attached hydrogens (tertiary/aromatic N) is 2. The lowest BCUT2D eigenvalue weighted by Crippen LogP contribution is -2.58. The summed E-state index contributed by atoms with van der Waals surface area (Å²) in [6.45, 7) is -0.184. The van der Waals surface area contributed by atoms with Crippen molar-refractivity contribution >= 4 is 52.2 Å². The molecule has 0 aliphatic carbocycles. The molecule has 4 atom stereocenters. The molecule has 282 valence electrons. The number of nitrogens with one attached hydrogen (secondary N) is 5. The van der Waals surface area contributed by atoms with E-state index in [0.29, 0.717) is 12.0 Å². The summed E-state index contributed by atoms with van der Waals surface area (Å²) in [5, 5.41) is 25.1. The molecule has 14 N–H and O–H groups in total. The van der Waals surface area contributed by atoms with Crippen LogP contribution in [-0.4, -0.2) is 90.4 Å². The van der Waals surface area contributed by atoms with Crippen LogP contribution in [0.2, 0.25) is 0 Å². The standard InChI is InChI=1S/C36H47N11O6/c37-35(38)41-15-3-7-26-32(51)45-27(8-4-16-42-36(39)40)33(52)47-29(19-22-9-12-23-5-1-2-6-24(23)17-22)34(53)46-28(31(50)43-20-30(49)44-26)18-21-10-13-25(48)14-11-21/h1-2,5-6,9-14,17,26-29,48H,3-4,7-8,15-16,18-20H2,(H,43,50)(H,44,49)(H,45,51)(H,46,53)(H,47,52)(H4,37,38,41)(H4,39,40,42)/t26-,27+,28-,29-/m0/s1. The number of fused-ring (bicyclic) bond motifs is 1. The normalized spacial score (nSPS) is 20.0. The van der Waals surface area contributed by atoms with E-state index < -0.39 is 60.2 Å². The molecule has 1 heterocycles. The number of carbonyl (C=O) groups is 5. The molecule has 17 nitrogen and oxygen atoms in total. The molecule has 0 saturated carbocycles. The van der Waals surface area contributed by atoms with Crippen molar-refractivity contribution in [3.8, 4) is 5.75 Å². The predicted molar refractivity (Wildman–Crippen MR) is 200 cm³/mol. The molecule has 1 saturated heterocycles. The number of amides is 5. The van der Waals surface area contributed by atoms with E-state index in [9.17, 15) is 29.1 Å². The first-order chi connectivity index (χ1) is 25.4. The number of phenols is 1. The Balaban J connectivity index is 1.70. The Kier molecular flexibility index (Phi) is 14.3. The van der Waals surface area contributed by atoms with Crippen LogP contribution in [-0.2, 0) is 36.8 Å². The molecule has 1 fully saturated rings. The summed E-state index contributed by atoms with van der Waals surface area (Å²) < 4.78 is 0. The second-order valence-corrected chi connectivity index (χ2v) is 12.7. The topological polar surface area (TPSA) is 295 Å². The molecule has 0 aromatic heterocycles. The largest absolute Gasteiger partial charge is 0.508 e. The number of rotatable bonds is 12. The second kappa shape index (κ2) is 19.3. The number of aromatic hydroxyl groups is 1. The SMILES string of the molecule is NC(N)=NCCC[C@@H]1NC(=O)CNC(=O)[C@H](Cc2ccc(O)cc2)NC(=O)[C@H](Cc2ccc3ccccc3c2)NC(=O)[C@@H](CCCN=C(N)N)NC1=O. The molecule has 0 radical (unpaired) electrons. The molecule has 0 spiro atoms. The van der Waals surface area contributed by atoms with Crippen LogP contribution in [0.1, 0.15) is 36.8 Å². The average Bonchev–Trinajstić information content (AvgIpc) is 3.12. The number of benzene rings is 3. The van der Waals surface area contributed by atoms with Crippen LogP contribution in [0.4, 0.5) is 0 Å². The third-order valence-corrected chi connectivity index (χ3v) is 8.49. The molecule has 0 bridgehead atoms. The zero-order chi connectivity index (χ0) is 38.3. The number of carbonyl (C=O) groups excluding carboxylic acids is 5. The molecule has 3 aromatic rings. The zero-order valence-corrected chi connectivity index (χ0v) is 29.2. The maximum absolute atomic E-state index is 14.1. The molecule has 17 heteroatoms. The molecular formula is C36H47N11O6. The third kappa shape index (κ3) is 12.7. The van der Waals surface area contributed by atoms with Crippen LogP contribution in [0.15, 0.2) is 76.7 Å². The molecule has 1 aliphatic rings. The van der Waals surface area contributed by atoms with E-state index in [-0.39, 0.29) is 62.9 Å². The Bertz CT molecular complexity index is 1820. The first-order valence-electron chi connectivity index (χ1n) is 17.2. The zero-order valence-electron chi connectivity index (χ0n) is 29.2. The van der Waals surface area contributed by atoms with Gasteiger partial charge in [0.05, 0.1) is 6.54 Å². The van der Waals surface area contributed by atoms with Gasteiger partial charge in [0.1, 0.15) is 29.9 Å². The van der Waals surface area contributed by atoms with Crippen LogP contribution in [0.3, 0.4) is 0 Å². The number of hydrogen-bond donors (Lipinski definition) is 10. The fourth-order valence-electron chi connectivity index (χ4n) is 5.79. The van der Waals surface area contributed by atoms with Crippen LogP contribution < -0.4 is 49.5 Å². The quantitative estimate of drug-likeness (QED) is 0.0585. The van der Waals surface area contributed by atoms with Gasteiger partial charge in [0.25, 0.3) is 0 Å². The van der Waals surface area contributed by atoms with Crippen molar-refractivity contribution in [3.63, 3.8) is 0 Å². The minimum absolute atomic E-state index is 0.00299.